The van der Waals surface area contributed by atoms with Gasteiger partial charge in [0.05, 0.1) is 0 Å². The van der Waals surface area contributed by atoms with Gasteiger partial charge < -0.3 is 5.32 Å². The molecule has 1 nitrogen and oxygen atoms in total. The van der Waals surface area contributed by atoms with Gasteiger partial charge in [0.2, 0.25) is 0 Å². The zero-order valence-corrected chi connectivity index (χ0v) is 8.48. The largest absolute Gasteiger partial charge is 0.311 e. The molecule has 2 heteroatoms. The Hall–Kier alpha value is -0.110. The summed E-state index contributed by atoms with van der Waals surface area (Å²) in [5.74, 6) is 0.607. The van der Waals surface area contributed by atoms with Crippen molar-refractivity contribution < 1.29 is 4.39 Å². The highest BCUT2D eigenvalue weighted by molar-refractivity contribution is 4.97. The molecule has 0 aromatic heterocycles. The Morgan fingerprint density at radius 1 is 1.23 bits per heavy atom. The first-order chi connectivity index (χ1) is 6.20. The molecule has 0 aromatic rings. The molecule has 1 saturated heterocycles. The van der Waals surface area contributed by atoms with E-state index in [-0.39, 0.29) is 6.04 Å². The van der Waals surface area contributed by atoms with Crippen LogP contribution in [0.5, 0.6) is 0 Å². The quantitative estimate of drug-likeness (QED) is 0.662. The van der Waals surface area contributed by atoms with Gasteiger partial charge in [-0.15, -0.1) is 0 Å². The first-order valence-electron chi connectivity index (χ1n) is 5.62. The van der Waals surface area contributed by atoms with E-state index in [2.05, 4.69) is 5.32 Å². The molecule has 2 unspecified atom stereocenters. The molecule has 0 amide bonds. The van der Waals surface area contributed by atoms with Crippen molar-refractivity contribution >= 4 is 0 Å². The molecule has 0 aromatic carbocycles. The molecule has 2 atom stereocenters. The maximum Gasteiger partial charge on any atom is 0.123 e. The van der Waals surface area contributed by atoms with Gasteiger partial charge in [0.15, 0.2) is 0 Å². The molecule has 76 valence electrons. The third kappa shape index (κ3) is 1.88. The van der Waals surface area contributed by atoms with Crippen LogP contribution in [0.3, 0.4) is 0 Å². The third-order valence-electron chi connectivity index (χ3n) is 3.73. The molecule has 1 aliphatic carbocycles. The van der Waals surface area contributed by atoms with Gasteiger partial charge in [0.1, 0.15) is 5.67 Å². The van der Waals surface area contributed by atoms with E-state index < -0.39 is 5.67 Å². The van der Waals surface area contributed by atoms with E-state index in [4.69, 9.17) is 0 Å². The van der Waals surface area contributed by atoms with Gasteiger partial charge in [-0.25, -0.2) is 4.39 Å². The molecular weight excluding hydrogens is 165 g/mol. The van der Waals surface area contributed by atoms with Crippen LogP contribution >= 0.6 is 0 Å². The fourth-order valence-corrected chi connectivity index (χ4v) is 3.01. The van der Waals surface area contributed by atoms with Gasteiger partial charge in [0, 0.05) is 6.04 Å². The average molecular weight is 185 g/mol. The summed E-state index contributed by atoms with van der Waals surface area (Å²) >= 11 is 0. The minimum atomic E-state index is -0.951. The fourth-order valence-electron chi connectivity index (χ4n) is 3.01. The summed E-state index contributed by atoms with van der Waals surface area (Å²) in [7, 11) is 0. The van der Waals surface area contributed by atoms with Crippen molar-refractivity contribution in [1.82, 2.24) is 5.32 Å². The lowest BCUT2D eigenvalue weighted by Gasteiger charge is -2.39. The van der Waals surface area contributed by atoms with Crippen LogP contribution in [0.15, 0.2) is 0 Å². The Morgan fingerprint density at radius 2 is 1.92 bits per heavy atom. The van der Waals surface area contributed by atoms with Crippen molar-refractivity contribution in [3.8, 4) is 0 Å². The highest BCUT2D eigenvalue weighted by Crippen LogP contribution is 2.37. The van der Waals surface area contributed by atoms with E-state index in [9.17, 15) is 4.39 Å². The third-order valence-corrected chi connectivity index (χ3v) is 3.73. The molecule has 1 saturated carbocycles. The average Bonchev–Trinajstić information content (AvgIpc) is 2.55. The lowest BCUT2D eigenvalue weighted by molar-refractivity contribution is 0.0570. The van der Waals surface area contributed by atoms with Crippen molar-refractivity contribution in [3.05, 3.63) is 0 Å². The van der Waals surface area contributed by atoms with E-state index in [1.54, 1.807) is 6.92 Å². The number of rotatable bonds is 1. The molecule has 1 aliphatic heterocycles. The zero-order valence-electron chi connectivity index (χ0n) is 8.48. The van der Waals surface area contributed by atoms with Gasteiger partial charge in [-0.05, 0) is 45.1 Å². The number of nitrogens with one attached hydrogen (secondary N) is 1. The van der Waals surface area contributed by atoms with Crippen LogP contribution in [-0.2, 0) is 0 Å². The van der Waals surface area contributed by atoms with E-state index in [0.717, 1.165) is 19.4 Å². The van der Waals surface area contributed by atoms with E-state index in [1.807, 2.05) is 0 Å². The van der Waals surface area contributed by atoms with Crippen LogP contribution in [0, 0.1) is 5.92 Å². The maximum atomic E-state index is 14.1. The molecule has 0 radical (unpaired) electrons. The molecule has 2 fully saturated rings. The van der Waals surface area contributed by atoms with Crippen LogP contribution in [0.1, 0.15) is 45.4 Å². The highest BCUT2D eigenvalue weighted by atomic mass is 19.1. The number of hydrogen-bond donors (Lipinski definition) is 1. The van der Waals surface area contributed by atoms with Gasteiger partial charge in [0.25, 0.3) is 0 Å². The Kier molecular flexibility index (Phi) is 2.59. The highest BCUT2D eigenvalue weighted by Gasteiger charge is 2.41. The minimum Gasteiger partial charge on any atom is -0.311 e. The first-order valence-corrected chi connectivity index (χ1v) is 5.62. The second-order valence-corrected chi connectivity index (χ2v) is 4.86. The Labute approximate surface area is 80.1 Å². The van der Waals surface area contributed by atoms with E-state index in [1.165, 1.54) is 25.7 Å². The fraction of sp³-hybridized carbons (Fsp3) is 1.00. The van der Waals surface area contributed by atoms with Gasteiger partial charge in [-0.3, -0.25) is 0 Å². The van der Waals surface area contributed by atoms with E-state index in [0.29, 0.717) is 5.92 Å². The summed E-state index contributed by atoms with van der Waals surface area (Å²) in [6.07, 6.45) is 6.82. The second-order valence-electron chi connectivity index (χ2n) is 4.86. The predicted octanol–water partition coefficient (Wildman–Crippen LogP) is 2.66. The summed E-state index contributed by atoms with van der Waals surface area (Å²) in [4.78, 5) is 0. The number of halogens is 1. The van der Waals surface area contributed by atoms with Crippen LogP contribution < -0.4 is 5.32 Å². The van der Waals surface area contributed by atoms with E-state index >= 15 is 0 Å². The van der Waals surface area contributed by atoms with Crippen LogP contribution in [0.4, 0.5) is 4.39 Å². The second kappa shape index (κ2) is 3.56. The number of hydrogen-bond acceptors (Lipinski definition) is 1. The van der Waals surface area contributed by atoms with Gasteiger partial charge in [-0.2, -0.15) is 0 Å². The maximum absolute atomic E-state index is 14.1. The molecule has 0 bridgehead atoms. The van der Waals surface area contributed by atoms with Crippen LogP contribution in [0.2, 0.25) is 0 Å². The SMILES string of the molecule is CC1(F)CCCNC1C1CCCC1. The van der Waals surface area contributed by atoms with Gasteiger partial charge in [-0.1, -0.05) is 12.8 Å². The zero-order chi connectivity index (χ0) is 9.31. The number of alkyl halides is 1. The first kappa shape index (κ1) is 9.45. The molecule has 13 heavy (non-hydrogen) atoms. The number of piperidine rings is 1. The summed E-state index contributed by atoms with van der Waals surface area (Å²) in [6.45, 7) is 2.79. The summed E-state index contributed by atoms with van der Waals surface area (Å²) in [6, 6.07) is 0.142. The normalized spacial score (nSPS) is 42.5. The Morgan fingerprint density at radius 3 is 2.54 bits per heavy atom. The summed E-state index contributed by atoms with van der Waals surface area (Å²) in [5.41, 5.74) is -0.951. The van der Waals surface area contributed by atoms with Crippen LogP contribution in [0.25, 0.3) is 0 Å². The molecule has 2 rings (SSSR count). The molecular formula is C11H20FN. The van der Waals surface area contributed by atoms with Crippen LogP contribution in [-0.4, -0.2) is 18.3 Å². The lowest BCUT2D eigenvalue weighted by atomic mass is 9.81. The molecule has 2 aliphatic rings. The van der Waals surface area contributed by atoms with Crippen molar-refractivity contribution in [1.29, 1.82) is 0 Å². The smallest absolute Gasteiger partial charge is 0.123 e. The lowest BCUT2D eigenvalue weighted by Crippen LogP contribution is -2.53. The predicted molar refractivity (Wildman–Crippen MR) is 52.5 cm³/mol. The topological polar surface area (TPSA) is 12.0 Å². The summed E-state index contributed by atoms with van der Waals surface area (Å²) < 4.78 is 14.1. The monoisotopic (exact) mass is 185 g/mol. The van der Waals surface area contributed by atoms with Crippen molar-refractivity contribution in [3.63, 3.8) is 0 Å². The van der Waals surface area contributed by atoms with Crippen molar-refractivity contribution in [2.45, 2.75) is 57.2 Å². The Bertz CT molecular complexity index is 173. The van der Waals surface area contributed by atoms with Gasteiger partial charge >= 0.3 is 0 Å². The summed E-state index contributed by atoms with van der Waals surface area (Å²) in [5, 5.41) is 3.38. The van der Waals surface area contributed by atoms with Crippen molar-refractivity contribution in [2.24, 2.45) is 5.92 Å². The Balaban J connectivity index is 2.02. The van der Waals surface area contributed by atoms with Crippen molar-refractivity contribution in [2.75, 3.05) is 6.54 Å². The molecule has 1 N–H and O–H groups in total. The molecule has 1 heterocycles. The minimum absolute atomic E-state index is 0.142. The molecule has 0 spiro atoms. The standard InChI is InChI=1S/C11H20FN/c1-11(12)7-4-8-13-10(11)9-5-2-3-6-9/h9-10,13H,2-8H2,1H3.